The molecule has 4 heterocycles. The molecule has 4 rings (SSSR count). The van der Waals surface area contributed by atoms with Crippen molar-refractivity contribution in [3.63, 3.8) is 0 Å². The van der Waals surface area contributed by atoms with Gasteiger partial charge in [0.15, 0.2) is 11.5 Å². The third kappa shape index (κ3) is 3.41. The highest BCUT2D eigenvalue weighted by Crippen LogP contribution is 2.11. The molecule has 0 radical (unpaired) electrons. The Bertz CT molecular complexity index is 1010. The molecule has 0 amide bonds. The van der Waals surface area contributed by atoms with E-state index >= 15 is 0 Å². The first-order chi connectivity index (χ1) is 12.8. The molecule has 0 aliphatic heterocycles. The maximum absolute atomic E-state index is 12.2. The minimum atomic E-state index is -0.492. The third-order valence-corrected chi connectivity index (χ3v) is 3.76. The molecule has 4 aromatic heterocycles. The van der Waals surface area contributed by atoms with Crippen molar-refractivity contribution in [3.05, 3.63) is 78.6 Å². The Kier molecular flexibility index (Phi) is 4.34. The average molecular weight is 345 g/mol. The maximum atomic E-state index is 12.2. The summed E-state index contributed by atoms with van der Waals surface area (Å²) in [6.45, 7) is 0.228. The van der Waals surface area contributed by atoms with Crippen LogP contribution in [0.5, 0.6) is 0 Å². The molecule has 7 nitrogen and oxygen atoms in total. The van der Waals surface area contributed by atoms with Gasteiger partial charge in [-0.1, -0.05) is 12.1 Å². The van der Waals surface area contributed by atoms with Crippen LogP contribution < -0.4 is 0 Å². The van der Waals surface area contributed by atoms with Gasteiger partial charge in [-0.25, -0.2) is 19.7 Å². The molecule has 0 bridgehead atoms. The number of fused-ring (bicyclic) bond motifs is 1. The van der Waals surface area contributed by atoms with Crippen molar-refractivity contribution in [2.45, 2.75) is 6.42 Å². The van der Waals surface area contributed by atoms with Crippen molar-refractivity contribution in [3.8, 4) is 11.5 Å². The van der Waals surface area contributed by atoms with E-state index in [-0.39, 0.29) is 12.3 Å². The van der Waals surface area contributed by atoms with Crippen LogP contribution in [0.1, 0.15) is 16.2 Å². The number of carbonyl (C=O) groups is 1. The molecule has 0 saturated heterocycles. The predicted molar refractivity (Wildman–Crippen MR) is 94.4 cm³/mol. The fraction of sp³-hybridized carbons (Fsp3) is 0.105. The summed E-state index contributed by atoms with van der Waals surface area (Å²) in [4.78, 5) is 29.3. The summed E-state index contributed by atoms with van der Waals surface area (Å²) in [7, 11) is 0. The minimum absolute atomic E-state index is 0.204. The second kappa shape index (κ2) is 7.10. The molecule has 4 aromatic rings. The molecule has 128 valence electrons. The number of nitrogens with zero attached hydrogens (tertiary/aromatic N) is 5. The van der Waals surface area contributed by atoms with Gasteiger partial charge in [-0.05, 0) is 30.3 Å². The number of pyridine rings is 2. The van der Waals surface area contributed by atoms with E-state index in [0.29, 0.717) is 17.9 Å². The third-order valence-electron chi connectivity index (χ3n) is 3.76. The largest absolute Gasteiger partial charge is 0.461 e. The fourth-order valence-electron chi connectivity index (χ4n) is 2.52. The van der Waals surface area contributed by atoms with Gasteiger partial charge in [0.2, 0.25) is 0 Å². The summed E-state index contributed by atoms with van der Waals surface area (Å²) in [5.41, 5.74) is 2.54. The quantitative estimate of drug-likeness (QED) is 0.517. The van der Waals surface area contributed by atoms with Gasteiger partial charge in [0.1, 0.15) is 11.3 Å². The summed E-state index contributed by atoms with van der Waals surface area (Å²) in [6.07, 6.45) is 7.56. The molecule has 0 saturated carbocycles. The summed E-state index contributed by atoms with van der Waals surface area (Å²) < 4.78 is 7.25. The first kappa shape index (κ1) is 15.9. The molecule has 0 aliphatic rings. The van der Waals surface area contributed by atoms with Gasteiger partial charge >= 0.3 is 5.97 Å². The number of aromatic nitrogens is 5. The van der Waals surface area contributed by atoms with Crippen LogP contribution in [0.4, 0.5) is 0 Å². The summed E-state index contributed by atoms with van der Waals surface area (Å²) in [5, 5.41) is 0. The van der Waals surface area contributed by atoms with E-state index in [1.165, 1.54) is 12.3 Å². The fourth-order valence-corrected chi connectivity index (χ4v) is 2.52. The van der Waals surface area contributed by atoms with E-state index in [2.05, 4.69) is 19.9 Å². The number of imidazole rings is 1. The van der Waals surface area contributed by atoms with Crippen molar-refractivity contribution < 1.29 is 9.53 Å². The molecule has 0 aliphatic carbocycles. The normalized spacial score (nSPS) is 10.8. The number of esters is 1. The lowest BCUT2D eigenvalue weighted by Gasteiger charge is -2.04. The second-order valence-electron chi connectivity index (χ2n) is 5.56. The van der Waals surface area contributed by atoms with Gasteiger partial charge in [0.05, 0.1) is 12.3 Å². The first-order valence-corrected chi connectivity index (χ1v) is 8.14. The van der Waals surface area contributed by atoms with E-state index < -0.39 is 5.97 Å². The molecular weight excluding hydrogens is 330 g/mol. The number of ether oxygens (including phenoxy) is 1. The van der Waals surface area contributed by atoms with Gasteiger partial charge in [0.25, 0.3) is 0 Å². The highest BCUT2D eigenvalue weighted by atomic mass is 16.5. The van der Waals surface area contributed by atoms with Crippen LogP contribution in [0.25, 0.3) is 17.2 Å². The van der Waals surface area contributed by atoms with Crippen molar-refractivity contribution in [2.24, 2.45) is 0 Å². The van der Waals surface area contributed by atoms with Gasteiger partial charge in [-0.2, -0.15) is 0 Å². The lowest BCUT2D eigenvalue weighted by Crippen LogP contribution is -2.11. The van der Waals surface area contributed by atoms with Crippen LogP contribution in [-0.2, 0) is 11.2 Å². The van der Waals surface area contributed by atoms with E-state index in [1.54, 1.807) is 18.3 Å². The van der Waals surface area contributed by atoms with Crippen molar-refractivity contribution in [2.75, 3.05) is 6.61 Å². The van der Waals surface area contributed by atoms with E-state index in [1.807, 2.05) is 41.1 Å². The zero-order valence-electron chi connectivity index (χ0n) is 13.8. The van der Waals surface area contributed by atoms with Crippen LogP contribution in [0.2, 0.25) is 0 Å². The monoisotopic (exact) mass is 345 g/mol. The van der Waals surface area contributed by atoms with Gasteiger partial charge in [0, 0.05) is 31.2 Å². The van der Waals surface area contributed by atoms with Gasteiger partial charge in [-0.3, -0.25) is 4.98 Å². The Morgan fingerprint density at radius 3 is 2.77 bits per heavy atom. The highest BCUT2D eigenvalue weighted by Gasteiger charge is 2.12. The van der Waals surface area contributed by atoms with E-state index in [9.17, 15) is 4.79 Å². The van der Waals surface area contributed by atoms with E-state index in [0.717, 1.165) is 11.3 Å². The SMILES string of the molecule is O=C(OCCc1cn2ccccc2n1)c1ccnc(-c2ccccn2)n1. The second-order valence-corrected chi connectivity index (χ2v) is 5.56. The Balaban J connectivity index is 1.40. The number of hydrogen-bond acceptors (Lipinski definition) is 6. The van der Waals surface area contributed by atoms with Crippen LogP contribution in [0, 0.1) is 0 Å². The number of carbonyl (C=O) groups excluding carboxylic acids is 1. The zero-order valence-corrected chi connectivity index (χ0v) is 13.8. The zero-order chi connectivity index (χ0) is 17.8. The van der Waals surface area contributed by atoms with Gasteiger partial charge < -0.3 is 9.14 Å². The van der Waals surface area contributed by atoms with Crippen LogP contribution in [0.15, 0.2) is 67.3 Å². The smallest absolute Gasteiger partial charge is 0.357 e. The Morgan fingerprint density at radius 1 is 1.00 bits per heavy atom. The van der Waals surface area contributed by atoms with Crippen molar-refractivity contribution in [1.29, 1.82) is 0 Å². The van der Waals surface area contributed by atoms with Gasteiger partial charge in [-0.15, -0.1) is 0 Å². The first-order valence-electron chi connectivity index (χ1n) is 8.14. The lowest BCUT2D eigenvalue weighted by molar-refractivity contribution is 0.0501. The number of hydrogen-bond donors (Lipinski definition) is 0. The standard InChI is InChI=1S/C19H15N5O2/c25-19(16-7-10-21-18(23-16)15-5-1-3-9-20-15)26-12-8-14-13-24-11-4-2-6-17(24)22-14/h1-7,9-11,13H,8,12H2. The summed E-state index contributed by atoms with van der Waals surface area (Å²) in [5.74, 6) is -0.103. The van der Waals surface area contributed by atoms with E-state index in [4.69, 9.17) is 4.74 Å². The molecular formula is C19H15N5O2. The Labute approximate surface area is 149 Å². The highest BCUT2D eigenvalue weighted by molar-refractivity contribution is 5.87. The Hall–Kier alpha value is -3.61. The molecule has 26 heavy (non-hydrogen) atoms. The molecule has 0 N–H and O–H groups in total. The molecule has 0 spiro atoms. The van der Waals surface area contributed by atoms with Crippen LogP contribution >= 0.6 is 0 Å². The summed E-state index contributed by atoms with van der Waals surface area (Å²) >= 11 is 0. The van der Waals surface area contributed by atoms with Crippen molar-refractivity contribution >= 4 is 11.6 Å². The average Bonchev–Trinajstić information content (AvgIpc) is 3.11. The van der Waals surface area contributed by atoms with Crippen LogP contribution in [-0.4, -0.2) is 36.9 Å². The molecule has 0 aromatic carbocycles. The molecule has 7 heteroatoms. The lowest BCUT2D eigenvalue weighted by atomic mass is 10.3. The molecule has 0 unspecified atom stereocenters. The Morgan fingerprint density at radius 2 is 1.92 bits per heavy atom. The maximum Gasteiger partial charge on any atom is 0.357 e. The predicted octanol–water partition coefficient (Wildman–Crippen LogP) is 2.59. The van der Waals surface area contributed by atoms with Crippen molar-refractivity contribution in [1.82, 2.24) is 24.3 Å². The molecule has 0 atom stereocenters. The topological polar surface area (TPSA) is 82.3 Å². The molecule has 0 fully saturated rings. The summed E-state index contributed by atoms with van der Waals surface area (Å²) in [6, 6.07) is 12.8. The van der Waals surface area contributed by atoms with Crippen LogP contribution in [0.3, 0.4) is 0 Å². The number of rotatable bonds is 5. The minimum Gasteiger partial charge on any atom is -0.461 e.